The van der Waals surface area contributed by atoms with Crippen molar-refractivity contribution in [2.45, 2.75) is 0 Å². The minimum atomic E-state index is -1.49. The smallest absolute Gasteiger partial charge is 0.377 e. The predicted octanol–water partition coefficient (Wildman–Crippen LogP) is 3.19. The van der Waals surface area contributed by atoms with Crippen LogP contribution < -0.4 is 4.74 Å². The summed E-state index contributed by atoms with van der Waals surface area (Å²) in [7, 11) is 0. The SMILES string of the molecule is O=C(O)C(=O)c1ccc(OC/C=C/c2ccc(F)cc2)cc1. The van der Waals surface area contributed by atoms with Crippen LogP contribution in [0.15, 0.2) is 54.6 Å². The fourth-order valence-corrected chi connectivity index (χ4v) is 1.73. The standard InChI is InChI=1S/C17H13FO4/c18-14-7-3-12(4-8-14)2-1-11-22-15-9-5-13(6-10-15)16(19)17(20)21/h1-10H,11H2,(H,20,21)/b2-1+. The Morgan fingerprint density at radius 3 is 2.27 bits per heavy atom. The summed E-state index contributed by atoms with van der Waals surface area (Å²) < 4.78 is 18.2. The first-order valence-corrected chi connectivity index (χ1v) is 6.49. The molecule has 4 nitrogen and oxygen atoms in total. The number of carbonyl (C=O) groups is 2. The quantitative estimate of drug-likeness (QED) is 0.657. The number of ketones is 1. The van der Waals surface area contributed by atoms with Crippen LogP contribution in [0.5, 0.6) is 5.75 Å². The van der Waals surface area contributed by atoms with Crippen LogP contribution in [0.2, 0.25) is 0 Å². The molecule has 5 heteroatoms. The van der Waals surface area contributed by atoms with Crippen molar-refractivity contribution in [3.63, 3.8) is 0 Å². The molecule has 22 heavy (non-hydrogen) atoms. The molecule has 0 unspecified atom stereocenters. The first-order chi connectivity index (χ1) is 10.6. The van der Waals surface area contributed by atoms with E-state index in [0.29, 0.717) is 12.4 Å². The lowest BCUT2D eigenvalue weighted by molar-refractivity contribution is -0.131. The van der Waals surface area contributed by atoms with Gasteiger partial charge in [0, 0.05) is 5.56 Å². The topological polar surface area (TPSA) is 63.6 Å². The van der Waals surface area contributed by atoms with Crippen LogP contribution in [0.3, 0.4) is 0 Å². The number of Topliss-reactive ketones (excluding diaryl/α,β-unsaturated/α-hetero) is 1. The maximum Gasteiger partial charge on any atom is 0.377 e. The number of benzene rings is 2. The highest BCUT2D eigenvalue weighted by atomic mass is 19.1. The number of carboxylic acid groups (broad SMARTS) is 1. The van der Waals surface area contributed by atoms with E-state index in [2.05, 4.69) is 0 Å². The van der Waals surface area contributed by atoms with Crippen LogP contribution in [-0.2, 0) is 4.79 Å². The summed E-state index contributed by atoms with van der Waals surface area (Å²) in [6.07, 6.45) is 3.56. The van der Waals surface area contributed by atoms with Crippen LogP contribution in [0.25, 0.3) is 6.08 Å². The van der Waals surface area contributed by atoms with E-state index in [-0.39, 0.29) is 11.4 Å². The minimum absolute atomic E-state index is 0.0988. The molecule has 0 aromatic heterocycles. The second kappa shape index (κ2) is 7.17. The average molecular weight is 300 g/mol. The summed E-state index contributed by atoms with van der Waals surface area (Å²) in [6.45, 7) is 0.295. The van der Waals surface area contributed by atoms with E-state index in [9.17, 15) is 14.0 Å². The molecule has 0 bridgehead atoms. The zero-order valence-corrected chi connectivity index (χ0v) is 11.5. The van der Waals surface area contributed by atoms with Gasteiger partial charge in [-0.3, -0.25) is 4.79 Å². The van der Waals surface area contributed by atoms with Gasteiger partial charge in [-0.2, -0.15) is 0 Å². The summed E-state index contributed by atoms with van der Waals surface area (Å²) in [6, 6.07) is 11.9. The number of rotatable bonds is 6. The van der Waals surface area contributed by atoms with Gasteiger partial charge in [-0.15, -0.1) is 0 Å². The summed E-state index contributed by atoms with van der Waals surface area (Å²) in [5, 5.41) is 8.59. The summed E-state index contributed by atoms with van der Waals surface area (Å²) in [5.74, 6) is -2.21. The number of aliphatic carboxylic acids is 1. The van der Waals surface area contributed by atoms with E-state index < -0.39 is 11.8 Å². The van der Waals surface area contributed by atoms with E-state index in [1.165, 1.54) is 36.4 Å². The maximum atomic E-state index is 12.7. The third-order valence-electron chi connectivity index (χ3n) is 2.84. The van der Waals surface area contributed by atoms with Crippen LogP contribution in [0.1, 0.15) is 15.9 Å². The van der Waals surface area contributed by atoms with Gasteiger partial charge >= 0.3 is 5.97 Å². The molecule has 112 valence electrons. The molecule has 2 aromatic rings. The van der Waals surface area contributed by atoms with Crippen LogP contribution >= 0.6 is 0 Å². The summed E-state index contributed by atoms with van der Waals surface area (Å²) in [5.41, 5.74) is 0.953. The lowest BCUT2D eigenvalue weighted by atomic mass is 10.1. The molecule has 0 heterocycles. The lowest BCUT2D eigenvalue weighted by Crippen LogP contribution is -2.12. The molecule has 0 fully saturated rings. The van der Waals surface area contributed by atoms with Crippen molar-refractivity contribution in [3.05, 3.63) is 71.6 Å². The molecule has 0 aliphatic heterocycles. The Hall–Kier alpha value is -2.95. The zero-order chi connectivity index (χ0) is 15.9. The fourth-order valence-electron chi connectivity index (χ4n) is 1.73. The number of hydrogen-bond acceptors (Lipinski definition) is 3. The number of hydrogen-bond donors (Lipinski definition) is 1. The van der Waals surface area contributed by atoms with E-state index in [0.717, 1.165) is 5.56 Å². The largest absolute Gasteiger partial charge is 0.490 e. The fraction of sp³-hybridized carbons (Fsp3) is 0.0588. The van der Waals surface area contributed by atoms with Crippen LogP contribution in [0.4, 0.5) is 4.39 Å². The minimum Gasteiger partial charge on any atom is -0.490 e. The monoisotopic (exact) mass is 300 g/mol. The van der Waals surface area contributed by atoms with Gasteiger partial charge in [0.15, 0.2) is 0 Å². The first kappa shape index (κ1) is 15.4. The van der Waals surface area contributed by atoms with Gasteiger partial charge in [-0.25, -0.2) is 9.18 Å². The molecule has 0 saturated carbocycles. The van der Waals surface area contributed by atoms with Gasteiger partial charge in [-0.1, -0.05) is 18.2 Å². The normalized spacial score (nSPS) is 10.6. The Morgan fingerprint density at radius 2 is 1.68 bits per heavy atom. The van der Waals surface area contributed by atoms with Gasteiger partial charge in [0.25, 0.3) is 5.78 Å². The molecule has 0 radical (unpaired) electrons. The second-order valence-corrected chi connectivity index (χ2v) is 4.42. The maximum absolute atomic E-state index is 12.7. The summed E-state index contributed by atoms with van der Waals surface area (Å²) in [4.78, 5) is 21.8. The first-order valence-electron chi connectivity index (χ1n) is 6.49. The molecule has 0 atom stereocenters. The van der Waals surface area contributed by atoms with Crippen molar-refractivity contribution in [1.82, 2.24) is 0 Å². The Balaban J connectivity index is 1.88. The van der Waals surface area contributed by atoms with Crippen molar-refractivity contribution < 1.29 is 23.8 Å². The van der Waals surface area contributed by atoms with Gasteiger partial charge in [0.1, 0.15) is 18.2 Å². The third-order valence-corrected chi connectivity index (χ3v) is 2.84. The molecule has 0 amide bonds. The molecule has 0 aliphatic rings. The highest BCUT2D eigenvalue weighted by Gasteiger charge is 2.13. The lowest BCUT2D eigenvalue weighted by Gasteiger charge is -2.03. The van der Waals surface area contributed by atoms with Gasteiger partial charge in [0.05, 0.1) is 0 Å². The van der Waals surface area contributed by atoms with Crippen LogP contribution in [0, 0.1) is 5.82 Å². The predicted molar refractivity (Wildman–Crippen MR) is 79.3 cm³/mol. The van der Waals surface area contributed by atoms with E-state index >= 15 is 0 Å². The molecular formula is C17H13FO4. The number of carboxylic acids is 1. The van der Waals surface area contributed by atoms with Gasteiger partial charge in [-0.05, 0) is 48.0 Å². The van der Waals surface area contributed by atoms with Crippen molar-refractivity contribution in [2.75, 3.05) is 6.61 Å². The zero-order valence-electron chi connectivity index (χ0n) is 11.5. The molecule has 1 N–H and O–H groups in total. The highest BCUT2D eigenvalue weighted by Crippen LogP contribution is 2.13. The van der Waals surface area contributed by atoms with Crippen molar-refractivity contribution in [1.29, 1.82) is 0 Å². The van der Waals surface area contributed by atoms with Crippen molar-refractivity contribution in [3.8, 4) is 5.75 Å². The Bertz CT molecular complexity index is 688. The van der Waals surface area contributed by atoms with E-state index in [1.54, 1.807) is 24.3 Å². The highest BCUT2D eigenvalue weighted by molar-refractivity contribution is 6.39. The number of ether oxygens (including phenoxy) is 1. The summed E-state index contributed by atoms with van der Waals surface area (Å²) >= 11 is 0. The Labute approximate surface area is 126 Å². The number of halogens is 1. The molecule has 0 aliphatic carbocycles. The molecule has 2 aromatic carbocycles. The third kappa shape index (κ3) is 4.28. The molecule has 0 saturated heterocycles. The van der Waals surface area contributed by atoms with Gasteiger partial charge < -0.3 is 9.84 Å². The van der Waals surface area contributed by atoms with E-state index in [1.807, 2.05) is 0 Å². The number of carbonyl (C=O) groups excluding carboxylic acids is 1. The Morgan fingerprint density at radius 1 is 1.05 bits per heavy atom. The average Bonchev–Trinajstić information content (AvgIpc) is 2.53. The van der Waals surface area contributed by atoms with Crippen molar-refractivity contribution in [2.24, 2.45) is 0 Å². The second-order valence-electron chi connectivity index (χ2n) is 4.42. The molecule has 2 rings (SSSR count). The molecular weight excluding hydrogens is 287 g/mol. The molecule has 0 spiro atoms. The Kier molecular flexibility index (Phi) is 5.03. The van der Waals surface area contributed by atoms with Crippen molar-refractivity contribution >= 4 is 17.8 Å². The van der Waals surface area contributed by atoms with E-state index in [4.69, 9.17) is 9.84 Å². The van der Waals surface area contributed by atoms with Gasteiger partial charge in [0.2, 0.25) is 0 Å². The van der Waals surface area contributed by atoms with Crippen LogP contribution in [-0.4, -0.2) is 23.5 Å².